The van der Waals surface area contributed by atoms with Gasteiger partial charge in [0, 0.05) is 26.2 Å². The number of tetrazole rings is 1. The highest BCUT2D eigenvalue weighted by Gasteiger charge is 2.26. The molecule has 0 atom stereocenters. The second-order valence-electron chi connectivity index (χ2n) is 5.58. The maximum atomic E-state index is 12.2. The Bertz CT molecular complexity index is 814. The van der Waals surface area contributed by atoms with E-state index in [4.69, 9.17) is 4.74 Å². The maximum absolute atomic E-state index is 12.2. The van der Waals surface area contributed by atoms with Gasteiger partial charge in [-0.3, -0.25) is 4.79 Å². The first-order valence-corrected chi connectivity index (χ1v) is 9.47. The van der Waals surface area contributed by atoms with Crippen molar-refractivity contribution in [3.8, 4) is 11.4 Å². The number of nitrogens with zero attached hydrogens (tertiary/aromatic N) is 6. The smallest absolute Gasteiger partial charge is 0.260 e. The topological polar surface area (TPSA) is 111 Å². The van der Waals surface area contributed by atoms with Crippen LogP contribution in [0.25, 0.3) is 5.69 Å². The Labute approximate surface area is 145 Å². The number of amides is 1. The molecule has 25 heavy (non-hydrogen) atoms. The second-order valence-corrected chi connectivity index (χ2v) is 7.56. The number of rotatable bonds is 5. The fourth-order valence-corrected chi connectivity index (χ4v) is 3.31. The summed E-state index contributed by atoms with van der Waals surface area (Å²) < 4.78 is 31.3. The molecular formula is C14H18N6O4S. The first-order chi connectivity index (χ1) is 11.9. The molecule has 0 saturated carbocycles. The summed E-state index contributed by atoms with van der Waals surface area (Å²) >= 11 is 0. The fourth-order valence-electron chi connectivity index (χ4n) is 2.48. The summed E-state index contributed by atoms with van der Waals surface area (Å²) in [6.07, 6.45) is 2.65. The number of aromatic nitrogens is 4. The number of benzene rings is 1. The molecule has 0 bridgehead atoms. The van der Waals surface area contributed by atoms with E-state index in [1.54, 1.807) is 29.2 Å². The largest absolute Gasteiger partial charge is 0.484 e. The van der Waals surface area contributed by atoms with Crippen LogP contribution in [0.3, 0.4) is 0 Å². The van der Waals surface area contributed by atoms with Crippen molar-refractivity contribution in [2.24, 2.45) is 0 Å². The van der Waals surface area contributed by atoms with Crippen LogP contribution in [-0.2, 0) is 14.8 Å². The van der Waals surface area contributed by atoms with Crippen LogP contribution in [0.5, 0.6) is 5.75 Å². The van der Waals surface area contributed by atoms with Gasteiger partial charge in [0.1, 0.15) is 12.1 Å². The van der Waals surface area contributed by atoms with E-state index in [-0.39, 0.29) is 12.5 Å². The van der Waals surface area contributed by atoms with Gasteiger partial charge in [0.15, 0.2) is 6.61 Å². The van der Waals surface area contributed by atoms with Crippen LogP contribution in [0.1, 0.15) is 0 Å². The zero-order valence-corrected chi connectivity index (χ0v) is 14.5. The molecule has 11 heteroatoms. The van der Waals surface area contributed by atoms with Gasteiger partial charge >= 0.3 is 0 Å². The zero-order valence-electron chi connectivity index (χ0n) is 13.6. The van der Waals surface area contributed by atoms with Gasteiger partial charge in [-0.05, 0) is 34.7 Å². The van der Waals surface area contributed by atoms with Crippen LogP contribution in [-0.4, -0.2) is 82.8 Å². The summed E-state index contributed by atoms with van der Waals surface area (Å²) in [5.41, 5.74) is 0.778. The van der Waals surface area contributed by atoms with Crippen molar-refractivity contribution in [1.29, 1.82) is 0 Å². The minimum absolute atomic E-state index is 0.0941. The molecule has 2 aromatic rings. The number of carbonyl (C=O) groups is 1. The lowest BCUT2D eigenvalue weighted by Gasteiger charge is -2.33. The Morgan fingerprint density at radius 3 is 2.40 bits per heavy atom. The third kappa shape index (κ3) is 4.31. The van der Waals surface area contributed by atoms with Crippen molar-refractivity contribution in [2.45, 2.75) is 0 Å². The first kappa shape index (κ1) is 17.3. The summed E-state index contributed by atoms with van der Waals surface area (Å²) in [5.74, 6) is 0.387. The number of hydrogen-bond donors (Lipinski definition) is 0. The van der Waals surface area contributed by atoms with Gasteiger partial charge in [0.05, 0.1) is 11.9 Å². The molecule has 0 unspecified atom stereocenters. The highest BCUT2D eigenvalue weighted by Crippen LogP contribution is 2.14. The highest BCUT2D eigenvalue weighted by molar-refractivity contribution is 7.88. The normalized spacial score (nSPS) is 16.0. The molecule has 1 amide bonds. The second kappa shape index (κ2) is 7.15. The van der Waals surface area contributed by atoms with Crippen molar-refractivity contribution in [3.63, 3.8) is 0 Å². The third-order valence-electron chi connectivity index (χ3n) is 3.87. The van der Waals surface area contributed by atoms with Crippen LogP contribution in [0, 0.1) is 0 Å². The standard InChI is InChI=1S/C14H18N6O4S/c1-25(22,23)19-8-6-18(7-9-19)14(21)10-24-13-4-2-12(3-5-13)20-11-15-16-17-20/h2-5,11H,6-10H2,1H3. The van der Waals surface area contributed by atoms with E-state index in [2.05, 4.69) is 15.5 Å². The maximum Gasteiger partial charge on any atom is 0.260 e. The molecule has 0 spiro atoms. The number of sulfonamides is 1. The van der Waals surface area contributed by atoms with Gasteiger partial charge in [-0.15, -0.1) is 5.10 Å². The Hall–Kier alpha value is -2.53. The Balaban J connectivity index is 1.49. The molecule has 10 nitrogen and oxygen atoms in total. The van der Waals surface area contributed by atoms with Crippen molar-refractivity contribution in [1.82, 2.24) is 29.4 Å². The lowest BCUT2D eigenvalue weighted by Crippen LogP contribution is -2.51. The quantitative estimate of drug-likeness (QED) is 0.677. The van der Waals surface area contributed by atoms with Crippen LogP contribution >= 0.6 is 0 Å². The summed E-state index contributed by atoms with van der Waals surface area (Å²) in [6, 6.07) is 7.01. The van der Waals surface area contributed by atoms with Crippen LogP contribution < -0.4 is 4.74 Å². The molecule has 1 aromatic carbocycles. The average Bonchev–Trinajstić information content (AvgIpc) is 3.14. The van der Waals surface area contributed by atoms with E-state index in [1.165, 1.54) is 21.6 Å². The van der Waals surface area contributed by atoms with E-state index in [0.717, 1.165) is 5.69 Å². The Morgan fingerprint density at radius 1 is 1.16 bits per heavy atom. The summed E-state index contributed by atoms with van der Waals surface area (Å²) in [5, 5.41) is 10.9. The van der Waals surface area contributed by atoms with Gasteiger partial charge in [-0.2, -0.15) is 4.31 Å². The SMILES string of the molecule is CS(=O)(=O)N1CCN(C(=O)COc2ccc(-n3cnnn3)cc2)CC1. The van der Waals surface area contributed by atoms with Crippen LogP contribution in [0.4, 0.5) is 0 Å². The fraction of sp³-hybridized carbons (Fsp3) is 0.429. The van der Waals surface area contributed by atoms with Gasteiger partial charge in [0.2, 0.25) is 10.0 Å². The highest BCUT2D eigenvalue weighted by atomic mass is 32.2. The van der Waals surface area contributed by atoms with Crippen molar-refractivity contribution >= 4 is 15.9 Å². The molecule has 1 aromatic heterocycles. The molecule has 134 valence electrons. The van der Waals surface area contributed by atoms with E-state index >= 15 is 0 Å². The van der Waals surface area contributed by atoms with Crippen LogP contribution in [0.15, 0.2) is 30.6 Å². The summed E-state index contributed by atoms with van der Waals surface area (Å²) in [7, 11) is -3.20. The first-order valence-electron chi connectivity index (χ1n) is 7.62. The van der Waals surface area contributed by atoms with Gasteiger partial charge < -0.3 is 9.64 Å². The molecule has 1 aliphatic rings. The summed E-state index contributed by atoms with van der Waals surface area (Å²) in [4.78, 5) is 13.8. The minimum Gasteiger partial charge on any atom is -0.484 e. The predicted octanol–water partition coefficient (Wildman–Crippen LogP) is -0.855. The summed E-state index contributed by atoms with van der Waals surface area (Å²) in [6.45, 7) is 1.26. The Morgan fingerprint density at radius 2 is 1.84 bits per heavy atom. The van der Waals surface area contributed by atoms with E-state index < -0.39 is 10.0 Å². The molecule has 2 heterocycles. The van der Waals surface area contributed by atoms with E-state index in [0.29, 0.717) is 31.9 Å². The molecule has 0 N–H and O–H groups in total. The number of hydrogen-bond acceptors (Lipinski definition) is 7. The third-order valence-corrected chi connectivity index (χ3v) is 5.18. The van der Waals surface area contributed by atoms with Crippen LogP contribution in [0.2, 0.25) is 0 Å². The monoisotopic (exact) mass is 366 g/mol. The van der Waals surface area contributed by atoms with Crippen molar-refractivity contribution in [3.05, 3.63) is 30.6 Å². The lowest BCUT2D eigenvalue weighted by atomic mass is 10.3. The number of carbonyl (C=O) groups excluding carboxylic acids is 1. The van der Waals surface area contributed by atoms with E-state index in [1.807, 2.05) is 0 Å². The molecule has 1 aliphatic heterocycles. The molecular weight excluding hydrogens is 348 g/mol. The molecule has 0 radical (unpaired) electrons. The number of piperazine rings is 1. The van der Waals surface area contributed by atoms with Crippen molar-refractivity contribution < 1.29 is 17.9 Å². The zero-order chi connectivity index (χ0) is 17.9. The van der Waals surface area contributed by atoms with Gasteiger partial charge in [-0.1, -0.05) is 0 Å². The molecule has 0 aliphatic carbocycles. The Kier molecular flexibility index (Phi) is 4.95. The molecule has 1 saturated heterocycles. The van der Waals surface area contributed by atoms with Gasteiger partial charge in [-0.25, -0.2) is 13.1 Å². The minimum atomic E-state index is -3.20. The predicted molar refractivity (Wildman–Crippen MR) is 87.6 cm³/mol. The van der Waals surface area contributed by atoms with Gasteiger partial charge in [0.25, 0.3) is 5.91 Å². The van der Waals surface area contributed by atoms with E-state index in [9.17, 15) is 13.2 Å². The van der Waals surface area contributed by atoms with Crippen molar-refractivity contribution in [2.75, 3.05) is 39.0 Å². The molecule has 3 rings (SSSR count). The average molecular weight is 366 g/mol. The molecule has 1 fully saturated rings. The lowest BCUT2D eigenvalue weighted by molar-refractivity contribution is -0.134. The number of ether oxygens (including phenoxy) is 1.